The fourth-order valence-corrected chi connectivity index (χ4v) is 2.74. The molecule has 4 N–H and O–H groups in total. The third kappa shape index (κ3) is 6.93. The first-order chi connectivity index (χ1) is 9.99. The third-order valence-electron chi connectivity index (χ3n) is 4.75. The van der Waals surface area contributed by atoms with Gasteiger partial charge in [0.05, 0.1) is 6.54 Å². The molecule has 1 aliphatic rings. The highest BCUT2D eigenvalue weighted by Crippen LogP contribution is 2.28. The first kappa shape index (κ1) is 18.0. The fourth-order valence-electron chi connectivity index (χ4n) is 2.74. The molecule has 1 rings (SSSR count). The van der Waals surface area contributed by atoms with Crippen molar-refractivity contribution in [2.75, 3.05) is 13.1 Å². The maximum Gasteiger partial charge on any atom is 0.239 e. The summed E-state index contributed by atoms with van der Waals surface area (Å²) in [5.74, 6) is 0.513. The van der Waals surface area contributed by atoms with Crippen LogP contribution in [-0.2, 0) is 9.59 Å². The number of hydrogen-bond acceptors (Lipinski definition) is 3. The molecule has 0 aromatic heterocycles. The van der Waals surface area contributed by atoms with Crippen molar-refractivity contribution in [3.8, 4) is 0 Å². The van der Waals surface area contributed by atoms with E-state index < -0.39 is 0 Å². The van der Waals surface area contributed by atoms with Crippen LogP contribution in [0.1, 0.15) is 65.2 Å². The Bertz CT molecular complexity index is 334. The lowest BCUT2D eigenvalue weighted by Gasteiger charge is -2.26. The van der Waals surface area contributed by atoms with Gasteiger partial charge in [-0.3, -0.25) is 9.59 Å². The molecule has 1 fully saturated rings. The number of nitrogens with one attached hydrogen (secondary N) is 2. The molecule has 2 amide bonds. The third-order valence-corrected chi connectivity index (χ3v) is 4.75. The summed E-state index contributed by atoms with van der Waals surface area (Å²) in [6.07, 6.45) is 8.21. The van der Waals surface area contributed by atoms with Crippen LogP contribution in [0.5, 0.6) is 0 Å². The Labute approximate surface area is 128 Å². The number of carbonyl (C=O) groups excluding carboxylic acids is 2. The van der Waals surface area contributed by atoms with Crippen LogP contribution in [0.25, 0.3) is 0 Å². The number of carbonyl (C=O) groups is 2. The average molecular weight is 297 g/mol. The molecule has 0 aromatic carbocycles. The van der Waals surface area contributed by atoms with Crippen LogP contribution < -0.4 is 16.4 Å². The highest BCUT2D eigenvalue weighted by atomic mass is 16.2. The maximum absolute atomic E-state index is 11.7. The van der Waals surface area contributed by atoms with E-state index in [1.165, 1.54) is 25.7 Å². The summed E-state index contributed by atoms with van der Waals surface area (Å²) in [5.41, 5.74) is 5.77. The van der Waals surface area contributed by atoms with Gasteiger partial charge >= 0.3 is 0 Å². The van der Waals surface area contributed by atoms with Crippen LogP contribution in [0.3, 0.4) is 0 Å². The smallest absolute Gasteiger partial charge is 0.239 e. The van der Waals surface area contributed by atoms with E-state index in [1.807, 2.05) is 13.8 Å². The van der Waals surface area contributed by atoms with Crippen LogP contribution in [0.4, 0.5) is 0 Å². The molecule has 1 saturated carbocycles. The molecule has 0 aliphatic heterocycles. The lowest BCUT2D eigenvalue weighted by Crippen LogP contribution is -2.50. The van der Waals surface area contributed by atoms with Gasteiger partial charge in [0.25, 0.3) is 0 Å². The predicted molar refractivity (Wildman–Crippen MR) is 84.7 cm³/mol. The van der Waals surface area contributed by atoms with Crippen molar-refractivity contribution in [1.82, 2.24) is 10.6 Å². The quantitative estimate of drug-likeness (QED) is 0.605. The summed E-state index contributed by atoms with van der Waals surface area (Å²) in [4.78, 5) is 23.4. The average Bonchev–Trinajstić information content (AvgIpc) is 3.01. The van der Waals surface area contributed by atoms with Gasteiger partial charge in [-0.05, 0) is 25.2 Å². The van der Waals surface area contributed by atoms with E-state index in [-0.39, 0.29) is 23.9 Å². The molecule has 5 nitrogen and oxygen atoms in total. The second-order valence-corrected chi connectivity index (χ2v) is 6.31. The molecule has 1 aliphatic carbocycles. The van der Waals surface area contributed by atoms with Crippen LogP contribution in [-0.4, -0.2) is 30.4 Å². The summed E-state index contributed by atoms with van der Waals surface area (Å²) in [7, 11) is 0. The van der Waals surface area contributed by atoms with Crippen molar-refractivity contribution in [3.63, 3.8) is 0 Å². The minimum absolute atomic E-state index is 0.0259. The van der Waals surface area contributed by atoms with Gasteiger partial charge in [0.2, 0.25) is 11.8 Å². The normalized spacial score (nSPS) is 16.0. The van der Waals surface area contributed by atoms with E-state index in [0.717, 1.165) is 19.3 Å². The highest BCUT2D eigenvalue weighted by Gasteiger charge is 2.21. The summed E-state index contributed by atoms with van der Waals surface area (Å²) >= 11 is 0. The van der Waals surface area contributed by atoms with Crippen molar-refractivity contribution in [2.45, 2.75) is 70.8 Å². The number of amides is 2. The standard InChI is InChI=1S/C16H31N3O2/c1-3-16(17,4-2)12-19-15(21)11-18-14(20)10-9-13-7-5-6-8-13/h13H,3-12,17H2,1-2H3,(H,18,20)(H,19,21). The van der Waals surface area contributed by atoms with Gasteiger partial charge in [0.1, 0.15) is 0 Å². The molecular weight excluding hydrogens is 266 g/mol. The topological polar surface area (TPSA) is 84.2 Å². The molecule has 0 unspecified atom stereocenters. The second kappa shape index (κ2) is 9.03. The van der Waals surface area contributed by atoms with Crippen molar-refractivity contribution in [3.05, 3.63) is 0 Å². The van der Waals surface area contributed by atoms with Gasteiger partial charge in [-0.1, -0.05) is 39.5 Å². The van der Waals surface area contributed by atoms with Crippen LogP contribution in [0.2, 0.25) is 0 Å². The minimum Gasteiger partial charge on any atom is -0.353 e. The Hall–Kier alpha value is -1.10. The highest BCUT2D eigenvalue weighted by molar-refractivity contribution is 5.84. The van der Waals surface area contributed by atoms with Crippen molar-refractivity contribution in [2.24, 2.45) is 11.7 Å². The zero-order valence-electron chi connectivity index (χ0n) is 13.5. The van der Waals surface area contributed by atoms with Gasteiger partial charge in [-0.15, -0.1) is 0 Å². The Morgan fingerprint density at radius 1 is 1.10 bits per heavy atom. The summed E-state index contributed by atoms with van der Waals surface area (Å²) < 4.78 is 0. The van der Waals surface area contributed by atoms with Gasteiger partial charge in [0.15, 0.2) is 0 Å². The Balaban J connectivity index is 2.12. The minimum atomic E-state index is -0.345. The Morgan fingerprint density at radius 3 is 2.29 bits per heavy atom. The second-order valence-electron chi connectivity index (χ2n) is 6.31. The number of nitrogens with two attached hydrogens (primary N) is 1. The van der Waals surface area contributed by atoms with Gasteiger partial charge < -0.3 is 16.4 Å². The van der Waals surface area contributed by atoms with E-state index in [2.05, 4.69) is 10.6 Å². The SMILES string of the molecule is CCC(N)(CC)CNC(=O)CNC(=O)CCC1CCCC1. The van der Waals surface area contributed by atoms with E-state index >= 15 is 0 Å². The van der Waals surface area contributed by atoms with Crippen LogP contribution >= 0.6 is 0 Å². The molecule has 0 heterocycles. The molecule has 0 aromatic rings. The molecule has 0 atom stereocenters. The molecule has 122 valence electrons. The first-order valence-electron chi connectivity index (χ1n) is 8.31. The summed E-state index contributed by atoms with van der Waals surface area (Å²) in [6.45, 7) is 4.53. The first-order valence-corrected chi connectivity index (χ1v) is 8.31. The van der Waals surface area contributed by atoms with Crippen LogP contribution in [0, 0.1) is 5.92 Å². The van der Waals surface area contributed by atoms with E-state index in [4.69, 9.17) is 5.73 Å². The molecule has 21 heavy (non-hydrogen) atoms. The van der Waals surface area contributed by atoms with E-state index in [9.17, 15) is 9.59 Å². The van der Waals surface area contributed by atoms with E-state index in [0.29, 0.717) is 18.9 Å². The summed E-state index contributed by atoms with van der Waals surface area (Å²) in [5, 5.41) is 5.49. The number of hydrogen-bond donors (Lipinski definition) is 3. The predicted octanol–water partition coefficient (Wildman–Crippen LogP) is 1.71. The van der Waals surface area contributed by atoms with Crippen molar-refractivity contribution >= 4 is 11.8 Å². The lowest BCUT2D eigenvalue weighted by atomic mass is 9.94. The zero-order valence-corrected chi connectivity index (χ0v) is 13.5. The van der Waals surface area contributed by atoms with Crippen LogP contribution in [0.15, 0.2) is 0 Å². The van der Waals surface area contributed by atoms with E-state index in [1.54, 1.807) is 0 Å². The van der Waals surface area contributed by atoms with Crippen molar-refractivity contribution < 1.29 is 9.59 Å². The Morgan fingerprint density at radius 2 is 1.71 bits per heavy atom. The van der Waals surface area contributed by atoms with Gasteiger partial charge in [-0.25, -0.2) is 0 Å². The fraction of sp³-hybridized carbons (Fsp3) is 0.875. The molecular formula is C16H31N3O2. The maximum atomic E-state index is 11.7. The molecule has 0 bridgehead atoms. The Kier molecular flexibility index (Phi) is 7.72. The van der Waals surface area contributed by atoms with Gasteiger partial charge in [0, 0.05) is 18.5 Å². The summed E-state index contributed by atoms with van der Waals surface area (Å²) in [6, 6.07) is 0. The largest absolute Gasteiger partial charge is 0.353 e. The molecule has 5 heteroatoms. The van der Waals surface area contributed by atoms with Gasteiger partial charge in [-0.2, -0.15) is 0 Å². The lowest BCUT2D eigenvalue weighted by molar-refractivity contribution is -0.126. The molecule has 0 spiro atoms. The monoisotopic (exact) mass is 297 g/mol. The zero-order chi connectivity index (χ0) is 15.7. The number of rotatable bonds is 9. The van der Waals surface area contributed by atoms with Crippen molar-refractivity contribution in [1.29, 1.82) is 0 Å². The molecule has 0 radical (unpaired) electrons. The molecule has 0 saturated heterocycles.